The average Bonchev–Trinajstić information content (AvgIpc) is 1.80. The summed E-state index contributed by atoms with van der Waals surface area (Å²) >= 11 is 0. The van der Waals surface area contributed by atoms with Gasteiger partial charge in [-0.2, -0.15) is 0 Å². The summed E-state index contributed by atoms with van der Waals surface area (Å²) in [5.74, 6) is 0.164. The second-order valence-electron chi connectivity index (χ2n) is 5.32. The quantitative estimate of drug-likeness (QED) is 0.601. The van der Waals surface area contributed by atoms with Crippen LogP contribution in [0.15, 0.2) is 0 Å². The highest BCUT2D eigenvalue weighted by atomic mass is 19.1. The van der Waals surface area contributed by atoms with Crippen LogP contribution in [-0.4, -0.2) is 5.67 Å². The summed E-state index contributed by atoms with van der Waals surface area (Å²) in [5, 5.41) is 0. The van der Waals surface area contributed by atoms with E-state index in [1.807, 2.05) is 13.8 Å². The molecule has 0 heterocycles. The van der Waals surface area contributed by atoms with Gasteiger partial charge in [0.2, 0.25) is 0 Å². The second-order valence-corrected chi connectivity index (χ2v) is 5.32. The zero-order valence-electron chi connectivity index (χ0n) is 9.37. The molecule has 0 saturated heterocycles. The Hall–Kier alpha value is -0.0700. The molecule has 0 radical (unpaired) electrons. The molecule has 1 heteroatoms. The predicted octanol–water partition coefficient (Wildman–Crippen LogP) is 4.20. The molecule has 0 saturated carbocycles. The van der Waals surface area contributed by atoms with Crippen LogP contribution in [0.4, 0.5) is 4.39 Å². The predicted molar refractivity (Wildman–Crippen MR) is 53.0 cm³/mol. The molecule has 0 rings (SSSR count). The molecule has 0 aliphatic heterocycles. The van der Waals surface area contributed by atoms with Gasteiger partial charge in [-0.15, -0.1) is 0 Å². The van der Waals surface area contributed by atoms with Gasteiger partial charge in [-0.1, -0.05) is 41.0 Å². The largest absolute Gasteiger partial charge is 0.244 e. The Bertz CT molecular complexity index is 130. The molecule has 0 nitrogen and oxygen atoms in total. The lowest BCUT2D eigenvalue weighted by Crippen LogP contribution is -2.32. The van der Waals surface area contributed by atoms with Gasteiger partial charge in [-0.3, -0.25) is 0 Å². The topological polar surface area (TPSA) is 0 Å². The maximum atomic E-state index is 14.0. The molecule has 0 spiro atoms. The molecule has 0 fully saturated rings. The highest BCUT2D eigenvalue weighted by molar-refractivity contribution is 4.83. The number of hydrogen-bond donors (Lipinski definition) is 0. The standard InChI is InChI=1S/C11H23F/c1-7-9(2)11(6,12)8-10(3,4)5/h9H,7-8H2,1-6H3. The Balaban J connectivity index is 4.22. The van der Waals surface area contributed by atoms with E-state index in [0.29, 0.717) is 6.42 Å². The van der Waals surface area contributed by atoms with Crippen LogP contribution in [0, 0.1) is 11.3 Å². The molecule has 0 amide bonds. The normalized spacial score (nSPS) is 20.2. The molecule has 0 N–H and O–H groups in total. The molecular formula is C11H23F. The molecular weight excluding hydrogens is 151 g/mol. The fourth-order valence-electron chi connectivity index (χ4n) is 1.64. The molecule has 2 unspecified atom stereocenters. The van der Waals surface area contributed by atoms with E-state index in [2.05, 4.69) is 20.8 Å². The van der Waals surface area contributed by atoms with E-state index >= 15 is 0 Å². The first-order chi connectivity index (χ1) is 5.19. The maximum absolute atomic E-state index is 14.0. The van der Waals surface area contributed by atoms with E-state index in [4.69, 9.17) is 0 Å². The summed E-state index contributed by atoms with van der Waals surface area (Å²) < 4.78 is 14.0. The van der Waals surface area contributed by atoms with Crippen LogP contribution >= 0.6 is 0 Å². The van der Waals surface area contributed by atoms with Crippen LogP contribution in [0.3, 0.4) is 0 Å². The van der Waals surface area contributed by atoms with Gasteiger partial charge in [0.15, 0.2) is 0 Å². The minimum Gasteiger partial charge on any atom is -0.244 e. The monoisotopic (exact) mass is 174 g/mol. The Morgan fingerprint density at radius 1 is 1.17 bits per heavy atom. The summed E-state index contributed by atoms with van der Waals surface area (Å²) in [5.41, 5.74) is -0.917. The Morgan fingerprint density at radius 2 is 1.58 bits per heavy atom. The lowest BCUT2D eigenvalue weighted by molar-refractivity contribution is 0.0591. The van der Waals surface area contributed by atoms with E-state index in [1.165, 1.54) is 0 Å². The van der Waals surface area contributed by atoms with Crippen LogP contribution in [0.2, 0.25) is 0 Å². The van der Waals surface area contributed by atoms with Crippen molar-refractivity contribution in [1.29, 1.82) is 0 Å². The van der Waals surface area contributed by atoms with Crippen molar-refractivity contribution in [3.8, 4) is 0 Å². The molecule has 0 aromatic rings. The van der Waals surface area contributed by atoms with Gasteiger partial charge < -0.3 is 0 Å². The molecule has 74 valence electrons. The molecule has 0 aliphatic rings. The second kappa shape index (κ2) is 3.76. The third-order valence-corrected chi connectivity index (χ3v) is 2.52. The minimum atomic E-state index is -1.01. The smallest absolute Gasteiger partial charge is 0.111 e. The van der Waals surface area contributed by atoms with Gasteiger partial charge in [0, 0.05) is 0 Å². The molecule has 0 bridgehead atoms. The van der Waals surface area contributed by atoms with Crippen LogP contribution < -0.4 is 0 Å². The average molecular weight is 174 g/mol. The van der Waals surface area contributed by atoms with Crippen molar-refractivity contribution >= 4 is 0 Å². The van der Waals surface area contributed by atoms with Gasteiger partial charge >= 0.3 is 0 Å². The van der Waals surface area contributed by atoms with Crippen molar-refractivity contribution in [3.05, 3.63) is 0 Å². The number of alkyl halides is 1. The number of rotatable bonds is 3. The molecule has 0 aromatic carbocycles. The highest BCUT2D eigenvalue weighted by Crippen LogP contribution is 2.36. The Morgan fingerprint density at radius 3 is 1.83 bits per heavy atom. The van der Waals surface area contributed by atoms with Gasteiger partial charge in [0.1, 0.15) is 5.67 Å². The van der Waals surface area contributed by atoms with Crippen molar-refractivity contribution in [3.63, 3.8) is 0 Å². The molecule has 0 aromatic heterocycles. The lowest BCUT2D eigenvalue weighted by atomic mass is 9.77. The number of hydrogen-bond acceptors (Lipinski definition) is 0. The van der Waals surface area contributed by atoms with Crippen molar-refractivity contribution in [2.24, 2.45) is 11.3 Å². The van der Waals surface area contributed by atoms with E-state index in [9.17, 15) is 4.39 Å². The van der Waals surface area contributed by atoms with Crippen molar-refractivity contribution in [1.82, 2.24) is 0 Å². The third kappa shape index (κ3) is 4.08. The summed E-state index contributed by atoms with van der Waals surface area (Å²) in [6.07, 6.45) is 1.57. The van der Waals surface area contributed by atoms with E-state index in [1.54, 1.807) is 6.92 Å². The van der Waals surface area contributed by atoms with Crippen molar-refractivity contribution < 1.29 is 4.39 Å². The Labute approximate surface area is 76.6 Å². The first-order valence-electron chi connectivity index (χ1n) is 4.88. The summed E-state index contributed by atoms with van der Waals surface area (Å²) in [7, 11) is 0. The molecule has 0 aliphatic carbocycles. The van der Waals surface area contributed by atoms with Gasteiger partial charge in [0.05, 0.1) is 0 Å². The van der Waals surface area contributed by atoms with E-state index in [0.717, 1.165) is 6.42 Å². The first kappa shape index (κ1) is 11.9. The van der Waals surface area contributed by atoms with Gasteiger partial charge in [-0.25, -0.2) is 4.39 Å². The van der Waals surface area contributed by atoms with Crippen LogP contribution in [0.5, 0.6) is 0 Å². The SMILES string of the molecule is CCC(C)C(C)(F)CC(C)(C)C. The first-order valence-corrected chi connectivity index (χ1v) is 4.88. The summed E-state index contributed by atoms with van der Waals surface area (Å²) in [4.78, 5) is 0. The highest BCUT2D eigenvalue weighted by Gasteiger charge is 2.33. The van der Waals surface area contributed by atoms with Crippen LogP contribution in [-0.2, 0) is 0 Å². The maximum Gasteiger partial charge on any atom is 0.111 e. The van der Waals surface area contributed by atoms with Crippen molar-refractivity contribution in [2.75, 3.05) is 0 Å². The fraction of sp³-hybridized carbons (Fsp3) is 1.00. The third-order valence-electron chi connectivity index (χ3n) is 2.52. The van der Waals surface area contributed by atoms with Gasteiger partial charge in [0.25, 0.3) is 0 Å². The van der Waals surface area contributed by atoms with Crippen LogP contribution in [0.1, 0.15) is 54.4 Å². The molecule has 12 heavy (non-hydrogen) atoms. The summed E-state index contributed by atoms with van der Waals surface area (Å²) in [6, 6.07) is 0. The van der Waals surface area contributed by atoms with Crippen molar-refractivity contribution in [2.45, 2.75) is 60.1 Å². The van der Waals surface area contributed by atoms with E-state index in [-0.39, 0.29) is 11.3 Å². The molecule has 2 atom stereocenters. The minimum absolute atomic E-state index is 0.0902. The fourth-order valence-corrected chi connectivity index (χ4v) is 1.64. The number of halogens is 1. The zero-order chi connectivity index (χ0) is 9.99. The van der Waals surface area contributed by atoms with E-state index < -0.39 is 5.67 Å². The Kier molecular flexibility index (Phi) is 3.74. The summed E-state index contributed by atoms with van der Waals surface area (Å²) in [6.45, 7) is 12.0. The zero-order valence-corrected chi connectivity index (χ0v) is 9.37. The van der Waals surface area contributed by atoms with Gasteiger partial charge in [-0.05, 0) is 24.7 Å². The van der Waals surface area contributed by atoms with Crippen LogP contribution in [0.25, 0.3) is 0 Å². The lowest BCUT2D eigenvalue weighted by Gasteiger charge is -2.33.